The van der Waals surface area contributed by atoms with E-state index in [1.165, 1.54) is 6.07 Å². The van der Waals surface area contributed by atoms with Crippen molar-refractivity contribution in [1.82, 2.24) is 0 Å². The Morgan fingerprint density at radius 3 is 1.75 bits per heavy atom. The first-order valence-electron chi connectivity index (χ1n) is 3.59. The zero-order valence-electron chi connectivity index (χ0n) is 7.10. The molecule has 89 valence electrons. The molecule has 1 rings (SSSR count). The first-order chi connectivity index (χ1) is 7.05. The van der Waals surface area contributed by atoms with Crippen LogP contribution in [-0.4, -0.2) is 0 Å². The smallest absolute Gasteiger partial charge is 0.166 e. The molecule has 0 heterocycles. The second-order valence-corrected chi connectivity index (χ2v) is 3.46. The van der Waals surface area contributed by atoms with Crippen LogP contribution in [0.4, 0.5) is 26.3 Å². The maximum Gasteiger partial charge on any atom is 0.418 e. The Balaban J connectivity index is 3.41. The lowest BCUT2D eigenvalue weighted by Gasteiger charge is -2.14. The van der Waals surface area contributed by atoms with Gasteiger partial charge in [0.05, 0.1) is 21.2 Å². The number of benzene rings is 1. The van der Waals surface area contributed by atoms with Crippen molar-refractivity contribution in [2.24, 2.45) is 0 Å². The van der Waals surface area contributed by atoms with Crippen LogP contribution in [0.25, 0.3) is 0 Å². The van der Waals surface area contributed by atoms with Gasteiger partial charge in [0.1, 0.15) is 0 Å². The van der Waals surface area contributed by atoms with Crippen LogP contribution in [0.5, 0.6) is 0 Å². The molecule has 16 heavy (non-hydrogen) atoms. The Labute approximate surface area is 95.8 Å². The average Bonchev–Trinajstić information content (AvgIpc) is 2.05. The van der Waals surface area contributed by atoms with Crippen molar-refractivity contribution < 1.29 is 26.3 Å². The molecule has 0 N–H and O–H groups in total. The van der Waals surface area contributed by atoms with Gasteiger partial charge < -0.3 is 0 Å². The molecular weight excluding hydrogens is 281 g/mol. The molecule has 0 aliphatic heterocycles. The fourth-order valence-corrected chi connectivity index (χ4v) is 1.43. The van der Waals surface area contributed by atoms with E-state index in [-0.39, 0.29) is 6.07 Å². The maximum absolute atomic E-state index is 12.2. The van der Waals surface area contributed by atoms with Crippen LogP contribution >= 0.6 is 23.2 Å². The lowest BCUT2D eigenvalue weighted by Crippen LogP contribution is -2.11. The summed E-state index contributed by atoms with van der Waals surface area (Å²) in [6.45, 7) is 0. The maximum atomic E-state index is 12.2. The summed E-state index contributed by atoms with van der Waals surface area (Å²) in [6, 6.07) is 1.55. The highest BCUT2D eigenvalue weighted by molar-refractivity contribution is 6.43. The van der Waals surface area contributed by atoms with E-state index in [1.807, 2.05) is 0 Å². The van der Waals surface area contributed by atoms with Crippen LogP contribution in [0, 0.1) is 6.07 Å². The van der Waals surface area contributed by atoms with Crippen LogP contribution in [0.3, 0.4) is 0 Å². The molecule has 1 radical (unpaired) electrons. The molecule has 1 aromatic carbocycles. The number of hydrogen-bond donors (Lipinski definition) is 0. The van der Waals surface area contributed by atoms with Crippen molar-refractivity contribution in [2.75, 3.05) is 0 Å². The number of rotatable bonds is 0. The molecule has 1 aromatic rings. The van der Waals surface area contributed by atoms with Crippen molar-refractivity contribution in [3.63, 3.8) is 0 Å². The van der Waals surface area contributed by atoms with Crippen LogP contribution in [0.15, 0.2) is 6.07 Å². The van der Waals surface area contributed by atoms with Crippen LogP contribution in [-0.2, 0) is 12.4 Å². The van der Waals surface area contributed by atoms with Gasteiger partial charge >= 0.3 is 12.4 Å². The summed E-state index contributed by atoms with van der Waals surface area (Å²) in [5.41, 5.74) is -2.97. The fourth-order valence-electron chi connectivity index (χ4n) is 0.912. The third-order valence-electron chi connectivity index (χ3n) is 1.60. The van der Waals surface area contributed by atoms with Gasteiger partial charge in [-0.15, -0.1) is 0 Å². The van der Waals surface area contributed by atoms with Gasteiger partial charge in [-0.25, -0.2) is 0 Å². The predicted molar refractivity (Wildman–Crippen MR) is 45.3 cm³/mol. The SMILES string of the molecule is FC(F)(F)c1[c]cc(C(F)(F)F)c(Cl)c1Cl. The second kappa shape index (κ2) is 4.00. The summed E-state index contributed by atoms with van der Waals surface area (Å²) >= 11 is 10.2. The molecule has 0 saturated heterocycles. The van der Waals surface area contributed by atoms with Crippen molar-refractivity contribution in [1.29, 1.82) is 0 Å². The lowest BCUT2D eigenvalue weighted by molar-refractivity contribution is -0.141. The highest BCUT2D eigenvalue weighted by atomic mass is 35.5. The number of hydrogen-bond acceptors (Lipinski definition) is 0. The van der Waals surface area contributed by atoms with E-state index in [0.717, 1.165) is 0 Å². The molecular formula is C8HCl2F6. The Morgan fingerprint density at radius 1 is 0.875 bits per heavy atom. The minimum atomic E-state index is -4.90. The highest BCUT2D eigenvalue weighted by Crippen LogP contribution is 2.43. The van der Waals surface area contributed by atoms with E-state index < -0.39 is 33.5 Å². The van der Waals surface area contributed by atoms with Gasteiger partial charge in [-0.05, 0) is 12.1 Å². The molecule has 0 amide bonds. The molecule has 0 unspecified atom stereocenters. The summed E-state index contributed by atoms with van der Waals surface area (Å²) in [5, 5.41) is -2.38. The quantitative estimate of drug-likeness (QED) is 0.598. The predicted octanol–water partition coefficient (Wildman–Crippen LogP) is 4.83. The summed E-state index contributed by atoms with van der Waals surface area (Å²) in [6.07, 6.45) is -9.77. The Kier molecular flexibility index (Phi) is 3.36. The summed E-state index contributed by atoms with van der Waals surface area (Å²) in [7, 11) is 0. The second-order valence-electron chi connectivity index (χ2n) is 2.70. The molecule has 0 atom stereocenters. The van der Waals surface area contributed by atoms with E-state index in [1.54, 1.807) is 0 Å². The van der Waals surface area contributed by atoms with Crippen molar-refractivity contribution >= 4 is 23.2 Å². The topological polar surface area (TPSA) is 0 Å². The van der Waals surface area contributed by atoms with Crippen LogP contribution < -0.4 is 0 Å². The molecule has 0 bridgehead atoms. The van der Waals surface area contributed by atoms with Gasteiger partial charge in [0.2, 0.25) is 0 Å². The van der Waals surface area contributed by atoms with Crippen molar-refractivity contribution in [3.05, 3.63) is 33.3 Å². The van der Waals surface area contributed by atoms with Gasteiger partial charge in [0, 0.05) is 0 Å². The third kappa shape index (κ3) is 2.55. The minimum absolute atomic E-state index is 0.122. The summed E-state index contributed by atoms with van der Waals surface area (Å²) in [5.74, 6) is 0. The molecule has 0 fully saturated rings. The van der Waals surface area contributed by atoms with Crippen LogP contribution in [0.1, 0.15) is 11.1 Å². The monoisotopic (exact) mass is 281 g/mol. The zero-order valence-corrected chi connectivity index (χ0v) is 8.61. The van der Waals surface area contributed by atoms with E-state index in [2.05, 4.69) is 0 Å². The molecule has 8 heteroatoms. The van der Waals surface area contributed by atoms with E-state index >= 15 is 0 Å². The molecule has 0 nitrogen and oxygen atoms in total. The molecule has 0 aliphatic carbocycles. The number of halogens is 8. The van der Waals surface area contributed by atoms with E-state index in [9.17, 15) is 26.3 Å². The molecule has 0 spiro atoms. The van der Waals surface area contributed by atoms with Crippen LogP contribution in [0.2, 0.25) is 10.0 Å². The first-order valence-corrected chi connectivity index (χ1v) is 4.35. The normalized spacial score (nSPS) is 13.0. The van der Waals surface area contributed by atoms with E-state index in [4.69, 9.17) is 23.2 Å². The molecule has 0 aliphatic rings. The lowest BCUT2D eigenvalue weighted by atomic mass is 10.1. The van der Waals surface area contributed by atoms with Gasteiger partial charge in [0.25, 0.3) is 0 Å². The number of alkyl halides is 6. The highest BCUT2D eigenvalue weighted by Gasteiger charge is 2.39. The van der Waals surface area contributed by atoms with Gasteiger partial charge in [0.15, 0.2) is 0 Å². The summed E-state index contributed by atoms with van der Waals surface area (Å²) < 4.78 is 73.2. The molecule has 0 saturated carbocycles. The van der Waals surface area contributed by atoms with Crippen molar-refractivity contribution in [3.8, 4) is 0 Å². The van der Waals surface area contributed by atoms with Crippen molar-refractivity contribution in [2.45, 2.75) is 12.4 Å². The fraction of sp³-hybridized carbons (Fsp3) is 0.250. The average molecular weight is 282 g/mol. The van der Waals surface area contributed by atoms with Gasteiger partial charge in [-0.3, -0.25) is 0 Å². The van der Waals surface area contributed by atoms with E-state index in [0.29, 0.717) is 0 Å². The van der Waals surface area contributed by atoms with Gasteiger partial charge in [-0.1, -0.05) is 23.2 Å². The Bertz CT molecular complexity index is 367. The van der Waals surface area contributed by atoms with Gasteiger partial charge in [-0.2, -0.15) is 26.3 Å². The standard InChI is InChI=1S/C8HCl2F6/c9-5-3(7(11,12)13)1-2-4(6(5)10)8(14,15)16/h1H. The molecule has 0 aromatic heterocycles. The summed E-state index contributed by atoms with van der Waals surface area (Å²) in [4.78, 5) is 0. The first kappa shape index (κ1) is 13.4. The largest absolute Gasteiger partial charge is 0.418 e. The minimum Gasteiger partial charge on any atom is -0.166 e. The zero-order chi connectivity index (χ0) is 12.7. The third-order valence-corrected chi connectivity index (χ3v) is 2.47. The Hall–Kier alpha value is -0.620. The Morgan fingerprint density at radius 2 is 1.38 bits per heavy atom.